The smallest absolute Gasteiger partial charge is 0.136 e. The van der Waals surface area contributed by atoms with Crippen LogP contribution in [0, 0.1) is 26.6 Å². The Balaban J connectivity index is 1.99. The van der Waals surface area contributed by atoms with Crippen LogP contribution in [0.5, 0.6) is 0 Å². The maximum absolute atomic E-state index is 13.6. The standard InChI is InChI=1S/C18H22FNS/c1-12-8-13(2)16(14(3)9-12)10-15(20)11-21-18-7-5-4-6-17(18)19/h4-9,15H,10-11,20H2,1-3H3. The Bertz CT molecular complexity index is 601. The minimum Gasteiger partial charge on any atom is -0.327 e. The highest BCUT2D eigenvalue weighted by Crippen LogP contribution is 2.23. The van der Waals surface area contributed by atoms with Crippen LogP contribution in [0.25, 0.3) is 0 Å². The fourth-order valence-electron chi connectivity index (χ4n) is 2.61. The van der Waals surface area contributed by atoms with Crippen molar-refractivity contribution in [1.29, 1.82) is 0 Å². The molecule has 0 radical (unpaired) electrons. The van der Waals surface area contributed by atoms with Crippen molar-refractivity contribution in [2.75, 3.05) is 5.75 Å². The van der Waals surface area contributed by atoms with Gasteiger partial charge in [-0.05, 0) is 56.0 Å². The van der Waals surface area contributed by atoms with E-state index in [1.807, 2.05) is 6.07 Å². The summed E-state index contributed by atoms with van der Waals surface area (Å²) in [5.41, 5.74) is 11.4. The van der Waals surface area contributed by atoms with Gasteiger partial charge in [0.1, 0.15) is 5.82 Å². The normalized spacial score (nSPS) is 12.4. The van der Waals surface area contributed by atoms with E-state index in [0.717, 1.165) is 6.42 Å². The average molecular weight is 303 g/mol. The number of thioether (sulfide) groups is 1. The molecule has 0 amide bonds. The summed E-state index contributed by atoms with van der Waals surface area (Å²) in [5, 5.41) is 0. The van der Waals surface area contributed by atoms with E-state index < -0.39 is 0 Å². The molecular weight excluding hydrogens is 281 g/mol. The number of hydrogen-bond acceptors (Lipinski definition) is 2. The highest BCUT2D eigenvalue weighted by Gasteiger charge is 2.11. The molecule has 1 nitrogen and oxygen atoms in total. The predicted octanol–water partition coefficient (Wildman–Crippen LogP) is 4.41. The van der Waals surface area contributed by atoms with Crippen molar-refractivity contribution < 1.29 is 4.39 Å². The van der Waals surface area contributed by atoms with Crippen molar-refractivity contribution >= 4 is 11.8 Å². The molecule has 0 aliphatic heterocycles. The second-order valence-electron chi connectivity index (χ2n) is 5.58. The summed E-state index contributed by atoms with van der Waals surface area (Å²) in [6, 6.07) is 11.3. The van der Waals surface area contributed by atoms with Gasteiger partial charge in [-0.15, -0.1) is 11.8 Å². The van der Waals surface area contributed by atoms with Crippen LogP contribution in [0.15, 0.2) is 41.3 Å². The van der Waals surface area contributed by atoms with Gasteiger partial charge in [0.05, 0.1) is 0 Å². The Morgan fingerprint density at radius 1 is 1.10 bits per heavy atom. The van der Waals surface area contributed by atoms with Gasteiger partial charge >= 0.3 is 0 Å². The molecule has 0 spiro atoms. The second-order valence-corrected chi connectivity index (χ2v) is 6.64. The van der Waals surface area contributed by atoms with Gasteiger partial charge in [0.2, 0.25) is 0 Å². The molecule has 3 heteroatoms. The molecule has 112 valence electrons. The minimum atomic E-state index is -0.169. The van der Waals surface area contributed by atoms with E-state index in [1.54, 1.807) is 12.1 Å². The molecule has 0 aromatic heterocycles. The maximum Gasteiger partial charge on any atom is 0.136 e. The van der Waals surface area contributed by atoms with Crippen LogP contribution in [-0.4, -0.2) is 11.8 Å². The zero-order valence-electron chi connectivity index (χ0n) is 12.8. The maximum atomic E-state index is 13.6. The van der Waals surface area contributed by atoms with Gasteiger partial charge in [-0.25, -0.2) is 4.39 Å². The van der Waals surface area contributed by atoms with Crippen molar-refractivity contribution in [3.05, 3.63) is 64.5 Å². The molecule has 0 saturated carbocycles. The Morgan fingerprint density at radius 2 is 1.71 bits per heavy atom. The topological polar surface area (TPSA) is 26.0 Å². The van der Waals surface area contributed by atoms with E-state index >= 15 is 0 Å². The summed E-state index contributed by atoms with van der Waals surface area (Å²) < 4.78 is 13.6. The largest absolute Gasteiger partial charge is 0.327 e. The van der Waals surface area contributed by atoms with Gasteiger partial charge in [-0.1, -0.05) is 29.8 Å². The molecule has 0 aliphatic rings. The molecular formula is C18H22FNS. The number of benzene rings is 2. The molecule has 0 saturated heterocycles. The van der Waals surface area contributed by atoms with Crippen LogP contribution in [-0.2, 0) is 6.42 Å². The molecule has 2 rings (SSSR count). The Labute approximate surface area is 130 Å². The Kier molecular flexibility index (Phi) is 5.43. The Hall–Kier alpha value is -1.32. The quantitative estimate of drug-likeness (QED) is 0.828. The second kappa shape index (κ2) is 7.10. The zero-order chi connectivity index (χ0) is 15.4. The molecule has 0 fully saturated rings. The highest BCUT2D eigenvalue weighted by atomic mass is 32.2. The van der Waals surface area contributed by atoms with E-state index in [-0.39, 0.29) is 11.9 Å². The monoisotopic (exact) mass is 303 g/mol. The molecule has 2 aromatic rings. The minimum absolute atomic E-state index is 0.0229. The molecule has 2 N–H and O–H groups in total. The van der Waals surface area contributed by atoms with Crippen LogP contribution in [0.3, 0.4) is 0 Å². The molecule has 0 aliphatic carbocycles. The van der Waals surface area contributed by atoms with Crippen LogP contribution < -0.4 is 5.73 Å². The number of rotatable bonds is 5. The lowest BCUT2D eigenvalue weighted by molar-refractivity contribution is 0.601. The number of nitrogens with two attached hydrogens (primary N) is 1. The first kappa shape index (κ1) is 16.1. The predicted molar refractivity (Wildman–Crippen MR) is 89.5 cm³/mol. The lowest BCUT2D eigenvalue weighted by atomic mass is 9.95. The van der Waals surface area contributed by atoms with Crippen molar-refractivity contribution in [3.63, 3.8) is 0 Å². The summed E-state index contributed by atoms with van der Waals surface area (Å²) in [6.07, 6.45) is 0.833. The van der Waals surface area contributed by atoms with E-state index in [4.69, 9.17) is 5.73 Å². The van der Waals surface area contributed by atoms with Crippen LogP contribution in [0.4, 0.5) is 4.39 Å². The zero-order valence-corrected chi connectivity index (χ0v) is 13.6. The van der Waals surface area contributed by atoms with E-state index in [1.165, 1.54) is 40.1 Å². The van der Waals surface area contributed by atoms with Crippen LogP contribution in [0.1, 0.15) is 22.3 Å². The highest BCUT2D eigenvalue weighted by molar-refractivity contribution is 7.99. The third kappa shape index (κ3) is 4.32. The van der Waals surface area contributed by atoms with Gasteiger partial charge in [-0.3, -0.25) is 0 Å². The van der Waals surface area contributed by atoms with E-state index in [0.29, 0.717) is 10.6 Å². The first-order valence-electron chi connectivity index (χ1n) is 7.17. The molecule has 0 bridgehead atoms. The fraction of sp³-hybridized carbons (Fsp3) is 0.333. The first-order valence-corrected chi connectivity index (χ1v) is 8.15. The summed E-state index contributed by atoms with van der Waals surface area (Å²) in [5.74, 6) is 0.547. The van der Waals surface area contributed by atoms with E-state index in [2.05, 4.69) is 32.9 Å². The third-order valence-corrected chi connectivity index (χ3v) is 4.83. The lowest BCUT2D eigenvalue weighted by Gasteiger charge is -2.16. The molecule has 21 heavy (non-hydrogen) atoms. The molecule has 0 heterocycles. The van der Waals surface area contributed by atoms with Crippen molar-refractivity contribution in [1.82, 2.24) is 0 Å². The summed E-state index contributed by atoms with van der Waals surface area (Å²) >= 11 is 1.49. The number of aryl methyl sites for hydroxylation is 3. The summed E-state index contributed by atoms with van der Waals surface area (Å²) in [6.45, 7) is 6.37. The fourth-order valence-corrected chi connectivity index (χ4v) is 3.50. The van der Waals surface area contributed by atoms with Gasteiger partial charge < -0.3 is 5.73 Å². The summed E-state index contributed by atoms with van der Waals surface area (Å²) in [4.78, 5) is 0.672. The Morgan fingerprint density at radius 3 is 2.33 bits per heavy atom. The first-order chi connectivity index (χ1) is 9.97. The van der Waals surface area contributed by atoms with Crippen molar-refractivity contribution in [3.8, 4) is 0 Å². The number of halogens is 1. The lowest BCUT2D eigenvalue weighted by Crippen LogP contribution is -2.26. The SMILES string of the molecule is Cc1cc(C)c(CC(N)CSc2ccccc2F)c(C)c1. The van der Waals surface area contributed by atoms with Gasteiger partial charge in [0, 0.05) is 16.7 Å². The van der Waals surface area contributed by atoms with E-state index in [9.17, 15) is 4.39 Å². The van der Waals surface area contributed by atoms with Crippen LogP contribution >= 0.6 is 11.8 Å². The van der Waals surface area contributed by atoms with Crippen molar-refractivity contribution in [2.24, 2.45) is 5.73 Å². The average Bonchev–Trinajstić information content (AvgIpc) is 2.42. The summed E-state index contributed by atoms with van der Waals surface area (Å²) in [7, 11) is 0. The van der Waals surface area contributed by atoms with Gasteiger partial charge in [-0.2, -0.15) is 0 Å². The number of hydrogen-bond donors (Lipinski definition) is 1. The van der Waals surface area contributed by atoms with Gasteiger partial charge in [0.15, 0.2) is 0 Å². The van der Waals surface area contributed by atoms with Crippen molar-refractivity contribution in [2.45, 2.75) is 38.1 Å². The van der Waals surface area contributed by atoms with Gasteiger partial charge in [0.25, 0.3) is 0 Å². The molecule has 1 atom stereocenters. The van der Waals surface area contributed by atoms with Crippen LogP contribution in [0.2, 0.25) is 0 Å². The molecule has 2 aromatic carbocycles. The molecule has 1 unspecified atom stereocenters. The third-order valence-electron chi connectivity index (χ3n) is 3.60.